The molecule has 1 aromatic heterocycles. The van der Waals surface area contributed by atoms with Crippen LogP contribution in [0.1, 0.15) is 17.3 Å². The molecule has 0 saturated heterocycles. The number of carbonyl (C=O) groups excluding carboxylic acids is 1. The summed E-state index contributed by atoms with van der Waals surface area (Å²) in [6.07, 6.45) is 1.51. The second-order valence-corrected chi connectivity index (χ2v) is 3.33. The van der Waals surface area contributed by atoms with E-state index in [1.165, 1.54) is 7.11 Å². The van der Waals surface area contributed by atoms with E-state index >= 15 is 0 Å². The molecule has 0 bridgehead atoms. The van der Waals surface area contributed by atoms with Crippen molar-refractivity contribution in [3.8, 4) is 5.88 Å². The number of carbonyl (C=O) groups is 1. The zero-order valence-corrected chi connectivity index (χ0v) is 9.69. The van der Waals surface area contributed by atoms with Gasteiger partial charge >= 0.3 is 5.97 Å². The minimum atomic E-state index is -0.445. The van der Waals surface area contributed by atoms with E-state index in [0.717, 1.165) is 0 Å². The third-order valence-corrected chi connectivity index (χ3v) is 1.98. The molecule has 1 unspecified atom stereocenters. The van der Waals surface area contributed by atoms with Crippen LogP contribution in [-0.2, 0) is 4.74 Å². The topological polar surface area (TPSA) is 60.5 Å². The number of ether oxygens (including phenoxy) is 2. The van der Waals surface area contributed by atoms with Gasteiger partial charge in [0.05, 0.1) is 7.11 Å². The van der Waals surface area contributed by atoms with E-state index in [9.17, 15) is 4.79 Å². The lowest BCUT2D eigenvalue weighted by molar-refractivity contribution is 0.0592. The summed E-state index contributed by atoms with van der Waals surface area (Å²) in [5, 5.41) is 2.98. The van der Waals surface area contributed by atoms with Crippen LogP contribution in [0.4, 0.5) is 0 Å². The van der Waals surface area contributed by atoms with Gasteiger partial charge in [-0.25, -0.2) is 9.78 Å². The van der Waals surface area contributed by atoms with Crippen LogP contribution in [0.15, 0.2) is 18.3 Å². The molecule has 5 nitrogen and oxygen atoms in total. The first-order chi connectivity index (χ1) is 7.69. The van der Waals surface area contributed by atoms with Crippen molar-refractivity contribution in [1.29, 1.82) is 0 Å². The number of pyridine rings is 1. The number of methoxy groups -OCH3 is 1. The van der Waals surface area contributed by atoms with Crippen molar-refractivity contribution >= 4 is 5.97 Å². The summed E-state index contributed by atoms with van der Waals surface area (Å²) in [6.45, 7) is 2.57. The second-order valence-electron chi connectivity index (χ2n) is 3.33. The Morgan fingerprint density at radius 2 is 2.38 bits per heavy atom. The van der Waals surface area contributed by atoms with Gasteiger partial charge in [-0.2, -0.15) is 0 Å². The number of esters is 1. The van der Waals surface area contributed by atoms with Crippen LogP contribution in [-0.4, -0.2) is 37.8 Å². The van der Waals surface area contributed by atoms with Gasteiger partial charge in [-0.15, -0.1) is 0 Å². The molecule has 0 aliphatic heterocycles. The quantitative estimate of drug-likeness (QED) is 0.751. The average molecular weight is 224 g/mol. The minimum Gasteiger partial charge on any atom is -0.473 e. The molecular formula is C11H16N2O3. The molecule has 1 aromatic rings. The maximum atomic E-state index is 11.4. The zero-order valence-electron chi connectivity index (χ0n) is 9.69. The highest BCUT2D eigenvalue weighted by Crippen LogP contribution is 2.16. The third-order valence-electron chi connectivity index (χ3n) is 1.98. The Hall–Kier alpha value is -1.62. The van der Waals surface area contributed by atoms with E-state index in [0.29, 0.717) is 18.0 Å². The van der Waals surface area contributed by atoms with Crippen LogP contribution in [0.25, 0.3) is 0 Å². The molecule has 0 fully saturated rings. The molecule has 1 N–H and O–H groups in total. The van der Waals surface area contributed by atoms with Gasteiger partial charge < -0.3 is 14.8 Å². The predicted molar refractivity (Wildman–Crippen MR) is 59.6 cm³/mol. The molecule has 1 rings (SSSR count). The minimum absolute atomic E-state index is 0.0664. The highest BCUT2D eigenvalue weighted by molar-refractivity contribution is 5.91. The second kappa shape index (κ2) is 6.07. The number of likely N-dealkylation sites (N-methyl/N-ethyl adjacent to an activating group) is 1. The fourth-order valence-corrected chi connectivity index (χ4v) is 1.27. The van der Waals surface area contributed by atoms with E-state index in [2.05, 4.69) is 15.0 Å². The average Bonchev–Trinajstić information content (AvgIpc) is 2.29. The normalized spacial score (nSPS) is 11.9. The molecule has 1 atom stereocenters. The van der Waals surface area contributed by atoms with Crippen LogP contribution in [0.5, 0.6) is 5.88 Å². The summed E-state index contributed by atoms with van der Waals surface area (Å²) in [5.74, 6) is -0.142. The maximum absolute atomic E-state index is 11.4. The number of nitrogens with zero attached hydrogens (tertiary/aromatic N) is 1. The lowest BCUT2D eigenvalue weighted by Gasteiger charge is -2.14. The van der Waals surface area contributed by atoms with Crippen molar-refractivity contribution in [1.82, 2.24) is 10.3 Å². The first-order valence-corrected chi connectivity index (χ1v) is 5.03. The largest absolute Gasteiger partial charge is 0.473 e. The van der Waals surface area contributed by atoms with Crippen LogP contribution in [0.2, 0.25) is 0 Å². The highest BCUT2D eigenvalue weighted by Gasteiger charge is 2.15. The molecule has 0 aliphatic carbocycles. The van der Waals surface area contributed by atoms with E-state index in [-0.39, 0.29) is 6.10 Å². The molecule has 0 amide bonds. The zero-order chi connectivity index (χ0) is 12.0. The highest BCUT2D eigenvalue weighted by atomic mass is 16.5. The summed E-state index contributed by atoms with van der Waals surface area (Å²) in [6, 6.07) is 3.29. The van der Waals surface area contributed by atoms with Gasteiger partial charge in [0, 0.05) is 12.7 Å². The molecule has 0 radical (unpaired) electrons. The summed E-state index contributed by atoms with van der Waals surface area (Å²) in [5.41, 5.74) is 0.341. The Kier molecular flexibility index (Phi) is 4.72. The molecular weight excluding hydrogens is 208 g/mol. The van der Waals surface area contributed by atoms with Crippen molar-refractivity contribution in [2.24, 2.45) is 0 Å². The van der Waals surface area contributed by atoms with Gasteiger partial charge in [0.1, 0.15) is 11.7 Å². The Morgan fingerprint density at radius 1 is 1.62 bits per heavy atom. The predicted octanol–water partition coefficient (Wildman–Crippen LogP) is 0.855. The van der Waals surface area contributed by atoms with Gasteiger partial charge in [-0.1, -0.05) is 0 Å². The molecule has 0 aliphatic rings. The monoisotopic (exact) mass is 224 g/mol. The van der Waals surface area contributed by atoms with Crippen LogP contribution in [0.3, 0.4) is 0 Å². The maximum Gasteiger partial charge on any atom is 0.343 e. The van der Waals surface area contributed by atoms with Crippen molar-refractivity contribution in [2.75, 3.05) is 20.7 Å². The Bertz CT molecular complexity index is 355. The number of nitrogens with one attached hydrogen (secondary N) is 1. The Balaban J connectivity index is 2.82. The number of hydrogen-bond acceptors (Lipinski definition) is 5. The first kappa shape index (κ1) is 12.4. The summed E-state index contributed by atoms with van der Waals surface area (Å²) in [7, 11) is 3.16. The lowest BCUT2D eigenvalue weighted by atomic mass is 10.2. The van der Waals surface area contributed by atoms with E-state index in [4.69, 9.17) is 4.74 Å². The summed E-state index contributed by atoms with van der Waals surface area (Å²) >= 11 is 0. The number of rotatable bonds is 5. The standard InChI is InChI=1S/C11H16N2O3/c1-8(7-12-2)16-10-9(11(14)15-3)5-4-6-13-10/h4-6,8,12H,7H2,1-3H3. The van der Waals surface area contributed by atoms with E-state index in [1.54, 1.807) is 18.3 Å². The van der Waals surface area contributed by atoms with E-state index < -0.39 is 5.97 Å². The summed E-state index contributed by atoms with van der Waals surface area (Å²) in [4.78, 5) is 15.4. The molecule has 0 spiro atoms. The van der Waals surface area contributed by atoms with Crippen molar-refractivity contribution in [3.63, 3.8) is 0 Å². The van der Waals surface area contributed by atoms with Crippen LogP contribution in [0, 0.1) is 0 Å². The smallest absolute Gasteiger partial charge is 0.343 e. The fraction of sp³-hybridized carbons (Fsp3) is 0.455. The number of aromatic nitrogens is 1. The molecule has 0 aromatic carbocycles. The fourth-order valence-electron chi connectivity index (χ4n) is 1.27. The van der Waals surface area contributed by atoms with Crippen molar-refractivity contribution in [3.05, 3.63) is 23.9 Å². The third kappa shape index (κ3) is 3.20. The molecule has 0 saturated carbocycles. The molecule has 88 valence electrons. The van der Waals surface area contributed by atoms with Crippen LogP contribution < -0.4 is 10.1 Å². The van der Waals surface area contributed by atoms with Crippen molar-refractivity contribution in [2.45, 2.75) is 13.0 Å². The van der Waals surface area contributed by atoms with Gasteiger partial charge in [0.15, 0.2) is 0 Å². The molecule has 16 heavy (non-hydrogen) atoms. The van der Waals surface area contributed by atoms with Crippen molar-refractivity contribution < 1.29 is 14.3 Å². The van der Waals surface area contributed by atoms with Crippen LogP contribution >= 0.6 is 0 Å². The Labute approximate surface area is 94.8 Å². The molecule has 5 heteroatoms. The number of hydrogen-bond donors (Lipinski definition) is 1. The lowest BCUT2D eigenvalue weighted by Crippen LogP contribution is -2.27. The van der Waals surface area contributed by atoms with Gasteiger partial charge in [0.2, 0.25) is 5.88 Å². The van der Waals surface area contributed by atoms with Gasteiger partial charge in [-0.05, 0) is 26.1 Å². The Morgan fingerprint density at radius 3 is 3.00 bits per heavy atom. The molecule has 1 heterocycles. The first-order valence-electron chi connectivity index (χ1n) is 5.03. The summed E-state index contributed by atoms with van der Waals surface area (Å²) < 4.78 is 10.2. The SMILES string of the molecule is CNCC(C)Oc1ncccc1C(=O)OC. The van der Waals surface area contributed by atoms with E-state index in [1.807, 2.05) is 14.0 Å². The van der Waals surface area contributed by atoms with Gasteiger partial charge in [0.25, 0.3) is 0 Å². The van der Waals surface area contributed by atoms with Gasteiger partial charge in [-0.3, -0.25) is 0 Å².